The highest BCUT2D eigenvalue weighted by molar-refractivity contribution is 6.04. The van der Waals surface area contributed by atoms with Gasteiger partial charge in [-0.25, -0.2) is 4.39 Å². The van der Waals surface area contributed by atoms with Crippen LogP contribution in [0.4, 0.5) is 10.1 Å². The Morgan fingerprint density at radius 3 is 2.48 bits per heavy atom. The van der Waals surface area contributed by atoms with Gasteiger partial charge in [-0.1, -0.05) is 18.6 Å². The Bertz CT molecular complexity index is 898. The number of hydrogen-bond donors (Lipinski definition) is 3. The number of carbonyl (C=O) groups is 3. The molecule has 2 aromatic rings. The predicted octanol–water partition coefficient (Wildman–Crippen LogP) is 3.59. The van der Waals surface area contributed by atoms with E-state index in [1.807, 2.05) is 6.07 Å². The highest BCUT2D eigenvalue weighted by atomic mass is 19.1. The second kappa shape index (κ2) is 9.32. The van der Waals surface area contributed by atoms with E-state index in [1.165, 1.54) is 24.3 Å². The number of hydrogen-bond acceptors (Lipinski definition) is 3. The van der Waals surface area contributed by atoms with E-state index in [-0.39, 0.29) is 24.3 Å². The van der Waals surface area contributed by atoms with Crippen molar-refractivity contribution >= 4 is 23.5 Å². The summed E-state index contributed by atoms with van der Waals surface area (Å²) in [6.45, 7) is 0.285. The van der Waals surface area contributed by atoms with Crippen molar-refractivity contribution in [1.29, 1.82) is 0 Å². The number of carbonyl (C=O) groups excluding carboxylic acids is 2. The van der Waals surface area contributed by atoms with Crippen LogP contribution in [-0.2, 0) is 16.1 Å². The highest BCUT2D eigenvalue weighted by Crippen LogP contribution is 2.29. The smallest absolute Gasteiger partial charge is 0.306 e. The first kappa shape index (κ1) is 20.5. The van der Waals surface area contributed by atoms with Crippen LogP contribution in [-0.4, -0.2) is 22.9 Å². The Morgan fingerprint density at radius 1 is 1.03 bits per heavy atom. The third-order valence-electron chi connectivity index (χ3n) is 5.15. The molecule has 1 aliphatic rings. The Morgan fingerprint density at radius 2 is 1.76 bits per heavy atom. The van der Waals surface area contributed by atoms with Crippen molar-refractivity contribution in [1.82, 2.24) is 5.32 Å². The van der Waals surface area contributed by atoms with Crippen molar-refractivity contribution < 1.29 is 23.9 Å². The van der Waals surface area contributed by atoms with E-state index in [9.17, 15) is 18.8 Å². The fourth-order valence-corrected chi connectivity index (χ4v) is 3.55. The third-order valence-corrected chi connectivity index (χ3v) is 5.15. The summed E-state index contributed by atoms with van der Waals surface area (Å²) in [4.78, 5) is 35.8. The minimum Gasteiger partial charge on any atom is -0.481 e. The minimum absolute atomic E-state index is 0.142. The molecule has 0 bridgehead atoms. The molecule has 3 N–H and O–H groups in total. The maximum absolute atomic E-state index is 13.0. The lowest BCUT2D eigenvalue weighted by molar-refractivity contribution is -0.144. The quantitative estimate of drug-likeness (QED) is 0.693. The van der Waals surface area contributed by atoms with Gasteiger partial charge in [0.1, 0.15) is 5.82 Å². The fourth-order valence-electron chi connectivity index (χ4n) is 3.55. The molecule has 2 atom stereocenters. The van der Waals surface area contributed by atoms with Gasteiger partial charge in [-0.15, -0.1) is 0 Å². The highest BCUT2D eigenvalue weighted by Gasteiger charge is 2.30. The van der Waals surface area contributed by atoms with Gasteiger partial charge in [-0.2, -0.15) is 0 Å². The molecule has 0 heterocycles. The standard InChI is InChI=1S/C22H23FN2O4/c23-18-9-7-15(8-10-18)21(27)25-19-6-1-3-14(11-19)13-24-20(26)16-4-2-5-17(12-16)22(28)29/h1,3,6-11,16-17H,2,4-5,12-13H2,(H,24,26)(H,25,27)(H,28,29). The number of amides is 2. The Kier molecular flexibility index (Phi) is 6.59. The summed E-state index contributed by atoms with van der Waals surface area (Å²) in [5, 5.41) is 14.8. The zero-order valence-corrected chi connectivity index (χ0v) is 15.9. The van der Waals surface area contributed by atoms with E-state index in [1.54, 1.807) is 18.2 Å². The summed E-state index contributed by atoms with van der Waals surface area (Å²) in [5.74, 6) is -2.49. The molecule has 7 heteroatoms. The molecule has 1 fully saturated rings. The normalized spacial score (nSPS) is 18.7. The van der Waals surface area contributed by atoms with Crippen LogP contribution >= 0.6 is 0 Å². The largest absolute Gasteiger partial charge is 0.481 e. The van der Waals surface area contributed by atoms with Gasteiger partial charge in [0.2, 0.25) is 5.91 Å². The van der Waals surface area contributed by atoms with E-state index >= 15 is 0 Å². The SMILES string of the molecule is O=C(Nc1cccc(CNC(=O)C2CCCC(C(=O)O)C2)c1)c1ccc(F)cc1. The predicted molar refractivity (Wildman–Crippen MR) is 106 cm³/mol. The van der Waals surface area contributed by atoms with Gasteiger partial charge in [-0.05, 0) is 61.2 Å². The van der Waals surface area contributed by atoms with E-state index in [4.69, 9.17) is 5.11 Å². The fraction of sp³-hybridized carbons (Fsp3) is 0.318. The number of carboxylic acids is 1. The molecule has 0 aliphatic heterocycles. The maximum atomic E-state index is 13.0. The first-order chi connectivity index (χ1) is 13.9. The molecule has 29 heavy (non-hydrogen) atoms. The molecular weight excluding hydrogens is 375 g/mol. The lowest BCUT2D eigenvalue weighted by Crippen LogP contribution is -2.35. The second-order valence-corrected chi connectivity index (χ2v) is 7.28. The van der Waals surface area contributed by atoms with Gasteiger partial charge in [-0.3, -0.25) is 14.4 Å². The van der Waals surface area contributed by atoms with Crippen LogP contribution in [0.15, 0.2) is 48.5 Å². The average molecular weight is 398 g/mol. The van der Waals surface area contributed by atoms with Gasteiger partial charge in [0, 0.05) is 23.7 Å². The first-order valence-corrected chi connectivity index (χ1v) is 9.59. The zero-order chi connectivity index (χ0) is 20.8. The molecular formula is C22H23FN2O4. The zero-order valence-electron chi connectivity index (χ0n) is 15.9. The van der Waals surface area contributed by atoms with Crippen molar-refractivity contribution in [3.8, 4) is 0 Å². The Balaban J connectivity index is 1.55. The van der Waals surface area contributed by atoms with Crippen LogP contribution in [0, 0.1) is 17.7 Å². The summed E-state index contributed by atoms with van der Waals surface area (Å²) in [5.41, 5.74) is 1.71. The van der Waals surface area contributed by atoms with E-state index in [0.29, 0.717) is 30.5 Å². The van der Waals surface area contributed by atoms with Crippen molar-refractivity contribution in [2.24, 2.45) is 11.8 Å². The van der Waals surface area contributed by atoms with Crippen LogP contribution in [0.1, 0.15) is 41.6 Å². The van der Waals surface area contributed by atoms with Crippen LogP contribution in [0.5, 0.6) is 0 Å². The number of halogens is 1. The first-order valence-electron chi connectivity index (χ1n) is 9.59. The van der Waals surface area contributed by atoms with Crippen LogP contribution in [0.2, 0.25) is 0 Å². The summed E-state index contributed by atoms with van der Waals surface area (Å²) in [7, 11) is 0. The van der Waals surface area contributed by atoms with Crippen LogP contribution in [0.25, 0.3) is 0 Å². The summed E-state index contributed by atoms with van der Waals surface area (Å²) in [6, 6.07) is 12.3. The Hall–Kier alpha value is -3.22. The molecule has 0 saturated heterocycles. The lowest BCUT2D eigenvalue weighted by atomic mass is 9.81. The average Bonchev–Trinajstić information content (AvgIpc) is 2.73. The van der Waals surface area contributed by atoms with Gasteiger partial charge in [0.25, 0.3) is 5.91 Å². The maximum Gasteiger partial charge on any atom is 0.306 e. The topological polar surface area (TPSA) is 95.5 Å². The van der Waals surface area contributed by atoms with E-state index in [0.717, 1.165) is 12.0 Å². The number of aliphatic carboxylic acids is 1. The van der Waals surface area contributed by atoms with Gasteiger partial charge in [0.05, 0.1) is 5.92 Å². The number of rotatable bonds is 6. The molecule has 2 amide bonds. The molecule has 0 aromatic heterocycles. The molecule has 6 nitrogen and oxygen atoms in total. The molecule has 0 radical (unpaired) electrons. The monoisotopic (exact) mass is 398 g/mol. The number of benzene rings is 2. The third kappa shape index (κ3) is 5.63. The molecule has 1 saturated carbocycles. The molecule has 152 valence electrons. The van der Waals surface area contributed by atoms with Crippen molar-refractivity contribution in [2.45, 2.75) is 32.2 Å². The Labute approximate surface area is 168 Å². The van der Waals surface area contributed by atoms with Crippen molar-refractivity contribution in [3.05, 3.63) is 65.5 Å². The molecule has 2 unspecified atom stereocenters. The van der Waals surface area contributed by atoms with Crippen molar-refractivity contribution in [3.63, 3.8) is 0 Å². The number of carboxylic acid groups (broad SMARTS) is 1. The van der Waals surface area contributed by atoms with E-state index in [2.05, 4.69) is 10.6 Å². The van der Waals surface area contributed by atoms with Crippen LogP contribution in [0.3, 0.4) is 0 Å². The van der Waals surface area contributed by atoms with Crippen LogP contribution < -0.4 is 10.6 Å². The molecule has 2 aromatic carbocycles. The lowest BCUT2D eigenvalue weighted by Gasteiger charge is -2.25. The van der Waals surface area contributed by atoms with Crippen molar-refractivity contribution in [2.75, 3.05) is 5.32 Å². The van der Waals surface area contributed by atoms with Gasteiger partial charge < -0.3 is 15.7 Å². The number of anilines is 1. The summed E-state index contributed by atoms with van der Waals surface area (Å²) in [6.07, 6.45) is 2.42. The second-order valence-electron chi connectivity index (χ2n) is 7.28. The van der Waals surface area contributed by atoms with Gasteiger partial charge in [0.15, 0.2) is 0 Å². The summed E-state index contributed by atoms with van der Waals surface area (Å²) < 4.78 is 13.0. The van der Waals surface area contributed by atoms with E-state index < -0.39 is 17.7 Å². The molecule has 1 aliphatic carbocycles. The molecule has 3 rings (SSSR count). The molecule has 0 spiro atoms. The number of nitrogens with one attached hydrogen (secondary N) is 2. The van der Waals surface area contributed by atoms with Gasteiger partial charge >= 0.3 is 5.97 Å². The summed E-state index contributed by atoms with van der Waals surface area (Å²) >= 11 is 0. The minimum atomic E-state index is -0.841.